The molecule has 236 valence electrons. The summed E-state index contributed by atoms with van der Waals surface area (Å²) in [6.07, 6.45) is -7.35. The van der Waals surface area contributed by atoms with Gasteiger partial charge in [-0.1, -0.05) is 20.8 Å². The van der Waals surface area contributed by atoms with Crippen molar-refractivity contribution < 1.29 is 50.3 Å². The molecular formula is C26H35F6N5O5. The largest absolute Gasteiger partial charge is 0.463 e. The quantitative estimate of drug-likeness (QED) is 0.301. The van der Waals surface area contributed by atoms with E-state index in [1.165, 1.54) is 26.1 Å². The van der Waals surface area contributed by atoms with E-state index in [1.807, 2.05) is 0 Å². The van der Waals surface area contributed by atoms with Crippen molar-refractivity contribution in [2.75, 3.05) is 13.1 Å². The molecular weight excluding hydrogens is 576 g/mol. The van der Waals surface area contributed by atoms with Crippen molar-refractivity contribution in [3.8, 4) is 0 Å². The van der Waals surface area contributed by atoms with E-state index >= 15 is 4.39 Å². The van der Waals surface area contributed by atoms with Crippen molar-refractivity contribution in [2.45, 2.75) is 76.3 Å². The Kier molecular flexibility index (Phi) is 7.80. The monoisotopic (exact) mass is 611 g/mol. The molecule has 2 aliphatic heterocycles. The van der Waals surface area contributed by atoms with E-state index in [4.69, 9.17) is 11.5 Å². The molecule has 0 aromatic heterocycles. The van der Waals surface area contributed by atoms with E-state index in [0.29, 0.717) is 6.42 Å². The zero-order chi connectivity index (χ0) is 31.7. The number of primary amides is 2. The number of carbonyl (C=O) groups is 5. The van der Waals surface area contributed by atoms with Crippen molar-refractivity contribution in [1.29, 1.82) is 0 Å². The van der Waals surface area contributed by atoms with Crippen LogP contribution >= 0.6 is 0 Å². The van der Waals surface area contributed by atoms with Crippen LogP contribution in [0.4, 0.5) is 26.3 Å². The summed E-state index contributed by atoms with van der Waals surface area (Å²) in [5.74, 6) is -17.9. The lowest BCUT2D eigenvalue weighted by atomic mass is 9.63. The third-order valence-electron chi connectivity index (χ3n) is 9.69. The molecule has 0 spiro atoms. The number of hydrogen-bond donors (Lipinski definition) is 4. The molecule has 4 rings (SSSR count). The number of nitrogens with zero attached hydrogens (tertiary/aromatic N) is 1. The smallest absolute Gasteiger partial charge is 0.369 e. The zero-order valence-corrected chi connectivity index (χ0v) is 23.3. The van der Waals surface area contributed by atoms with Crippen molar-refractivity contribution in [1.82, 2.24) is 15.5 Å². The molecule has 16 heteroatoms. The highest BCUT2D eigenvalue weighted by atomic mass is 19.4. The topological polar surface area (TPSA) is 165 Å². The van der Waals surface area contributed by atoms with Crippen molar-refractivity contribution >= 4 is 29.5 Å². The second-order valence-corrected chi connectivity index (χ2v) is 13.1. The van der Waals surface area contributed by atoms with Gasteiger partial charge in [-0.25, -0.2) is 4.39 Å². The Morgan fingerprint density at radius 2 is 1.69 bits per heavy atom. The zero-order valence-electron chi connectivity index (χ0n) is 23.3. The van der Waals surface area contributed by atoms with Crippen LogP contribution in [0.25, 0.3) is 0 Å². The van der Waals surface area contributed by atoms with Crippen LogP contribution in [0.5, 0.6) is 0 Å². The first-order valence-corrected chi connectivity index (χ1v) is 13.7. The van der Waals surface area contributed by atoms with Crippen LogP contribution in [0.15, 0.2) is 0 Å². The summed E-state index contributed by atoms with van der Waals surface area (Å²) >= 11 is 0. The van der Waals surface area contributed by atoms with Gasteiger partial charge in [0, 0.05) is 24.9 Å². The highest BCUT2D eigenvalue weighted by Gasteiger charge is 2.73. The van der Waals surface area contributed by atoms with Crippen LogP contribution in [0.1, 0.15) is 46.5 Å². The molecule has 0 aromatic rings. The number of nitrogens with one attached hydrogen (secondary N) is 2. The molecule has 4 aliphatic rings. The van der Waals surface area contributed by atoms with E-state index < -0.39 is 94.4 Å². The Balaban J connectivity index is 1.84. The van der Waals surface area contributed by atoms with Gasteiger partial charge in [0.25, 0.3) is 0 Å². The van der Waals surface area contributed by atoms with E-state index in [2.05, 4.69) is 5.32 Å². The molecule has 2 aliphatic carbocycles. The molecule has 6 N–H and O–H groups in total. The number of nitrogens with two attached hydrogens (primary N) is 2. The predicted molar refractivity (Wildman–Crippen MR) is 133 cm³/mol. The number of carbonyl (C=O) groups excluding carboxylic acids is 5. The van der Waals surface area contributed by atoms with Crippen molar-refractivity contribution in [3.05, 3.63) is 0 Å². The fourth-order valence-corrected chi connectivity index (χ4v) is 7.83. The molecule has 10 nitrogen and oxygen atoms in total. The summed E-state index contributed by atoms with van der Waals surface area (Å²) in [6.45, 7) is 3.83. The number of fused-ring (bicyclic) bond motifs is 5. The lowest BCUT2D eigenvalue weighted by molar-refractivity contribution is -0.270. The normalized spacial score (nSPS) is 34.1. The Bertz CT molecular complexity index is 1180. The molecule has 2 saturated carbocycles. The minimum Gasteiger partial charge on any atom is -0.369 e. The van der Waals surface area contributed by atoms with Crippen molar-refractivity contribution in [2.24, 2.45) is 52.4 Å². The third-order valence-corrected chi connectivity index (χ3v) is 9.69. The number of rotatable bonds is 8. The summed E-state index contributed by atoms with van der Waals surface area (Å²) in [5.41, 5.74) is 7.92. The van der Waals surface area contributed by atoms with Crippen LogP contribution in [0.3, 0.4) is 0 Å². The van der Waals surface area contributed by atoms with Gasteiger partial charge in [0.2, 0.25) is 23.6 Å². The van der Waals surface area contributed by atoms with Crippen LogP contribution < -0.4 is 22.1 Å². The highest BCUT2D eigenvalue weighted by molar-refractivity contribution is 6.00. The maximum Gasteiger partial charge on any atom is 0.463 e. The Morgan fingerprint density at radius 1 is 1.07 bits per heavy atom. The molecule has 0 radical (unpaired) electrons. The van der Waals surface area contributed by atoms with Crippen LogP contribution in [0, 0.1) is 40.9 Å². The molecule has 6 unspecified atom stereocenters. The third kappa shape index (κ3) is 4.77. The lowest BCUT2D eigenvalue weighted by Gasteiger charge is -2.48. The van der Waals surface area contributed by atoms with Gasteiger partial charge < -0.3 is 27.0 Å². The minimum absolute atomic E-state index is 0.103. The van der Waals surface area contributed by atoms with Crippen molar-refractivity contribution in [3.63, 3.8) is 0 Å². The summed E-state index contributed by atoms with van der Waals surface area (Å²) in [6, 6.07) is -2.06. The molecule has 0 aromatic carbocycles. The van der Waals surface area contributed by atoms with Gasteiger partial charge in [-0.05, 0) is 48.9 Å². The minimum atomic E-state index is -6.27. The Hall–Kier alpha value is -3.07. The molecule has 2 heterocycles. The maximum absolute atomic E-state index is 15.2. The Labute approximate surface area is 237 Å². The summed E-state index contributed by atoms with van der Waals surface area (Å²) in [5, 5.41) is 4.10. The van der Waals surface area contributed by atoms with Gasteiger partial charge in [-0.15, -0.1) is 0 Å². The van der Waals surface area contributed by atoms with Gasteiger partial charge in [0.15, 0.2) is 0 Å². The molecule has 4 fully saturated rings. The van der Waals surface area contributed by atoms with Gasteiger partial charge in [-0.2, -0.15) is 22.0 Å². The predicted octanol–water partition coefficient (Wildman–Crippen LogP) is 1.02. The van der Waals surface area contributed by atoms with E-state index in [-0.39, 0.29) is 38.3 Å². The number of likely N-dealkylation sites (tertiary alicyclic amines) is 1. The van der Waals surface area contributed by atoms with Gasteiger partial charge in [0.1, 0.15) is 17.8 Å². The Morgan fingerprint density at radius 3 is 2.17 bits per heavy atom. The number of hydrogen-bond acceptors (Lipinski definition) is 5. The van der Waals surface area contributed by atoms with Gasteiger partial charge >= 0.3 is 18.0 Å². The standard InChI is InChI=1S/C26H35F6N5O5/c1-23(2,3)17(36-22(42)25(28,29)26(30,31)32)20(40)37-9-13-11-6-12(15(27)8-11)16(13)24(37,21(34)41)14(18(33)38)7-10-4-5-35-19(10)39/h10-17H,4-9H2,1-3H3,(H2,33,38)(H2,34,41)(H,35,39)(H,36,42)/t10-,11?,12?,13?,14-,15?,16?,17-,24?/m1/s1. The second kappa shape index (κ2) is 10.3. The maximum atomic E-state index is 15.2. The first kappa shape index (κ1) is 31.9. The van der Waals surface area contributed by atoms with Crippen LogP contribution in [-0.4, -0.2) is 77.4 Å². The van der Waals surface area contributed by atoms with E-state index in [9.17, 15) is 45.9 Å². The first-order chi connectivity index (χ1) is 19.2. The molecule has 2 saturated heterocycles. The number of halogens is 6. The highest BCUT2D eigenvalue weighted by Crippen LogP contribution is 2.64. The number of amides is 5. The van der Waals surface area contributed by atoms with E-state index in [0.717, 1.165) is 4.90 Å². The number of alkyl halides is 6. The van der Waals surface area contributed by atoms with Gasteiger partial charge in [0.05, 0.1) is 5.92 Å². The summed E-state index contributed by atoms with van der Waals surface area (Å²) < 4.78 is 82.1. The fourth-order valence-electron chi connectivity index (χ4n) is 7.83. The molecule has 5 amide bonds. The SMILES string of the molecule is CC(C)(C)[C@H](NC(=O)C(F)(F)C(F)(F)F)C(=O)N1CC2C3CC(F)C(C3)C2C1(C(N)=O)[C@H](C[C@H]1CCNC1=O)C(N)=O. The average molecular weight is 612 g/mol. The van der Waals surface area contributed by atoms with E-state index in [1.54, 1.807) is 0 Å². The average Bonchev–Trinajstić information content (AvgIpc) is 3.59. The second-order valence-electron chi connectivity index (χ2n) is 13.1. The fraction of sp³-hybridized carbons (Fsp3) is 0.808. The van der Waals surface area contributed by atoms with Crippen LogP contribution in [-0.2, 0) is 24.0 Å². The molecule has 42 heavy (non-hydrogen) atoms. The van der Waals surface area contributed by atoms with Gasteiger partial charge in [-0.3, -0.25) is 24.0 Å². The lowest BCUT2D eigenvalue weighted by Crippen LogP contribution is -2.70. The summed E-state index contributed by atoms with van der Waals surface area (Å²) in [4.78, 5) is 66.4. The molecule has 2 bridgehead atoms. The first-order valence-electron chi connectivity index (χ1n) is 13.7. The summed E-state index contributed by atoms with van der Waals surface area (Å²) in [7, 11) is 0. The molecule has 9 atom stereocenters. The van der Waals surface area contributed by atoms with Crippen LogP contribution in [0.2, 0.25) is 0 Å².